The van der Waals surface area contributed by atoms with E-state index in [1.54, 1.807) is 20.8 Å². The summed E-state index contributed by atoms with van der Waals surface area (Å²) >= 11 is 3.28. The van der Waals surface area contributed by atoms with Crippen LogP contribution >= 0.6 is 15.9 Å². The number of non-ortho nitro benzene ring substituents is 1. The molecule has 1 aromatic heterocycles. The van der Waals surface area contributed by atoms with Gasteiger partial charge in [0, 0.05) is 36.6 Å². The van der Waals surface area contributed by atoms with Gasteiger partial charge < -0.3 is 14.8 Å². The lowest BCUT2D eigenvalue weighted by atomic mass is 9.90. The van der Waals surface area contributed by atoms with Crippen LogP contribution in [0.1, 0.15) is 46.5 Å². The quantitative estimate of drug-likeness (QED) is 0.417. The number of rotatable bonds is 5. The average molecular weight is 536 g/mol. The molecule has 1 aromatic carbocycles. The summed E-state index contributed by atoms with van der Waals surface area (Å²) in [6.07, 6.45) is 4.31. The molecular weight excluding hydrogens is 510 g/mol. The normalized spacial score (nSPS) is 18.0. The molecule has 3 rings (SSSR count). The van der Waals surface area contributed by atoms with Crippen LogP contribution in [0.4, 0.5) is 21.2 Å². The molecule has 1 saturated carbocycles. The standard InChI is InChI=1S/C22H26BrN5O6/c1-22(2,3)34-20(29)26-15-4-6-16(7-5-15)27(19-24-12-14(23)13-25-19)21(30)33-18-10-8-17(9-11-18)28(31)32/h8-13,15-16H,4-7H2,1-3H3,(H,26,29)/t15-,16-. The third-order valence-corrected chi connectivity index (χ3v) is 5.46. The van der Waals surface area contributed by atoms with E-state index in [4.69, 9.17) is 9.47 Å². The second-order valence-electron chi connectivity index (χ2n) is 8.84. The van der Waals surface area contributed by atoms with E-state index >= 15 is 0 Å². The molecule has 0 bridgehead atoms. The van der Waals surface area contributed by atoms with Gasteiger partial charge in [0.2, 0.25) is 5.95 Å². The van der Waals surface area contributed by atoms with Crippen molar-refractivity contribution in [1.29, 1.82) is 0 Å². The highest BCUT2D eigenvalue weighted by atomic mass is 79.9. The van der Waals surface area contributed by atoms with Crippen molar-refractivity contribution >= 4 is 39.8 Å². The van der Waals surface area contributed by atoms with E-state index in [1.807, 2.05) is 0 Å². The molecule has 1 fully saturated rings. The first-order chi connectivity index (χ1) is 16.0. The molecule has 2 aromatic rings. The first kappa shape index (κ1) is 25.3. The molecule has 0 unspecified atom stereocenters. The minimum Gasteiger partial charge on any atom is -0.444 e. The van der Waals surface area contributed by atoms with E-state index in [0.717, 1.165) is 0 Å². The summed E-state index contributed by atoms with van der Waals surface area (Å²) in [5.74, 6) is 0.344. The van der Waals surface area contributed by atoms with Gasteiger partial charge in [-0.2, -0.15) is 0 Å². The van der Waals surface area contributed by atoms with Crippen molar-refractivity contribution in [3.8, 4) is 5.75 Å². The van der Waals surface area contributed by atoms with Crippen molar-refractivity contribution in [1.82, 2.24) is 15.3 Å². The number of benzene rings is 1. The van der Waals surface area contributed by atoms with Crippen LogP contribution in [0.5, 0.6) is 5.75 Å². The van der Waals surface area contributed by atoms with Crippen molar-refractivity contribution in [2.24, 2.45) is 0 Å². The molecule has 1 aliphatic carbocycles. The maximum absolute atomic E-state index is 13.1. The number of nitro groups is 1. The van der Waals surface area contributed by atoms with Gasteiger partial charge in [-0.15, -0.1) is 0 Å². The number of carbonyl (C=O) groups is 2. The fourth-order valence-corrected chi connectivity index (χ4v) is 3.77. The van der Waals surface area contributed by atoms with Gasteiger partial charge >= 0.3 is 12.2 Å². The lowest BCUT2D eigenvalue weighted by Gasteiger charge is -2.35. The fourth-order valence-electron chi connectivity index (χ4n) is 3.56. The molecule has 0 radical (unpaired) electrons. The van der Waals surface area contributed by atoms with Gasteiger partial charge in [-0.1, -0.05) is 0 Å². The summed E-state index contributed by atoms with van der Waals surface area (Å²) in [5.41, 5.74) is -0.692. The molecule has 0 aliphatic heterocycles. The second-order valence-corrected chi connectivity index (χ2v) is 9.76. The molecule has 0 atom stereocenters. The Labute approximate surface area is 205 Å². The topological polar surface area (TPSA) is 137 Å². The number of nitrogens with zero attached hydrogens (tertiary/aromatic N) is 4. The van der Waals surface area contributed by atoms with Crippen molar-refractivity contribution < 1.29 is 24.0 Å². The highest BCUT2D eigenvalue weighted by Crippen LogP contribution is 2.28. The Kier molecular flexibility index (Phi) is 8.02. The zero-order valence-corrected chi connectivity index (χ0v) is 20.6. The maximum atomic E-state index is 13.1. The van der Waals surface area contributed by atoms with Crippen LogP contribution in [0, 0.1) is 10.1 Å². The third kappa shape index (κ3) is 7.11. The van der Waals surface area contributed by atoms with E-state index in [0.29, 0.717) is 30.2 Å². The largest absolute Gasteiger partial charge is 0.444 e. The Hall–Kier alpha value is -3.28. The van der Waals surface area contributed by atoms with E-state index < -0.39 is 22.7 Å². The third-order valence-electron chi connectivity index (χ3n) is 5.05. The molecule has 182 valence electrons. The number of carbonyl (C=O) groups excluding carboxylic acids is 2. The zero-order chi connectivity index (χ0) is 24.9. The zero-order valence-electron chi connectivity index (χ0n) is 19.1. The molecule has 0 spiro atoms. The van der Waals surface area contributed by atoms with Gasteiger partial charge in [0.1, 0.15) is 11.4 Å². The van der Waals surface area contributed by atoms with Crippen LogP contribution in [0.25, 0.3) is 0 Å². The number of nitro benzene ring substituents is 1. The molecular formula is C22H26BrN5O6. The number of hydrogen-bond acceptors (Lipinski definition) is 8. The van der Waals surface area contributed by atoms with Gasteiger partial charge in [-0.25, -0.2) is 24.5 Å². The smallest absolute Gasteiger partial charge is 0.422 e. The van der Waals surface area contributed by atoms with Crippen LogP contribution < -0.4 is 15.0 Å². The highest BCUT2D eigenvalue weighted by Gasteiger charge is 2.34. The average Bonchev–Trinajstić information content (AvgIpc) is 2.75. The van der Waals surface area contributed by atoms with Crippen LogP contribution in [0.2, 0.25) is 0 Å². The Morgan fingerprint density at radius 1 is 1.12 bits per heavy atom. The van der Waals surface area contributed by atoms with E-state index in [9.17, 15) is 19.7 Å². The van der Waals surface area contributed by atoms with Gasteiger partial charge in [-0.05, 0) is 74.5 Å². The number of amides is 2. The molecule has 1 N–H and O–H groups in total. The second kappa shape index (κ2) is 10.8. The minimum absolute atomic E-state index is 0.0792. The van der Waals surface area contributed by atoms with Gasteiger partial charge in [0.15, 0.2) is 0 Å². The van der Waals surface area contributed by atoms with Crippen LogP contribution in [0.3, 0.4) is 0 Å². The summed E-state index contributed by atoms with van der Waals surface area (Å²) in [6.45, 7) is 5.41. The summed E-state index contributed by atoms with van der Waals surface area (Å²) in [5, 5.41) is 13.7. The molecule has 2 amide bonds. The van der Waals surface area contributed by atoms with Crippen LogP contribution in [-0.2, 0) is 4.74 Å². The van der Waals surface area contributed by atoms with E-state index in [-0.39, 0.29) is 29.5 Å². The minimum atomic E-state index is -0.695. The first-order valence-corrected chi connectivity index (χ1v) is 11.5. The fraction of sp³-hybridized carbons (Fsp3) is 0.455. The molecule has 1 aliphatic rings. The van der Waals surface area contributed by atoms with Crippen molar-refractivity contribution in [3.63, 3.8) is 0 Å². The summed E-state index contributed by atoms with van der Waals surface area (Å²) in [4.78, 5) is 45.4. The number of alkyl carbamates (subject to hydrolysis) is 1. The van der Waals surface area contributed by atoms with Crippen LogP contribution in [-0.4, -0.2) is 44.8 Å². The monoisotopic (exact) mass is 535 g/mol. The van der Waals surface area contributed by atoms with Crippen molar-refractivity contribution in [2.75, 3.05) is 4.90 Å². The van der Waals surface area contributed by atoms with Crippen LogP contribution in [0.15, 0.2) is 41.1 Å². The van der Waals surface area contributed by atoms with E-state index in [2.05, 4.69) is 31.2 Å². The SMILES string of the molecule is CC(C)(C)OC(=O)N[C@H]1CC[C@H](N(C(=O)Oc2ccc([N+](=O)[O-])cc2)c2ncc(Br)cn2)CC1. The molecule has 1 heterocycles. The lowest BCUT2D eigenvalue weighted by Crippen LogP contribution is -2.48. The Morgan fingerprint density at radius 2 is 1.71 bits per heavy atom. The van der Waals surface area contributed by atoms with Gasteiger partial charge in [0.25, 0.3) is 5.69 Å². The Morgan fingerprint density at radius 3 is 2.24 bits per heavy atom. The first-order valence-electron chi connectivity index (χ1n) is 10.7. The van der Waals surface area contributed by atoms with Gasteiger partial charge in [0.05, 0.1) is 9.40 Å². The lowest BCUT2D eigenvalue weighted by molar-refractivity contribution is -0.384. The van der Waals surface area contributed by atoms with Gasteiger partial charge in [-0.3, -0.25) is 10.1 Å². The predicted octanol–water partition coefficient (Wildman–Crippen LogP) is 4.99. The predicted molar refractivity (Wildman–Crippen MR) is 127 cm³/mol. The summed E-state index contributed by atoms with van der Waals surface area (Å²) in [6, 6.07) is 4.90. The Bertz CT molecular complexity index is 1020. The molecule has 34 heavy (non-hydrogen) atoms. The van der Waals surface area contributed by atoms with E-state index in [1.165, 1.54) is 41.6 Å². The summed E-state index contributed by atoms with van der Waals surface area (Å²) in [7, 11) is 0. The number of nitrogens with one attached hydrogen (secondary N) is 1. The highest BCUT2D eigenvalue weighted by molar-refractivity contribution is 9.10. The molecule has 0 saturated heterocycles. The molecule has 12 heteroatoms. The molecule has 11 nitrogen and oxygen atoms in total. The summed E-state index contributed by atoms with van der Waals surface area (Å²) < 4.78 is 11.5. The number of ether oxygens (including phenoxy) is 2. The van der Waals surface area contributed by atoms with Crippen molar-refractivity contribution in [3.05, 3.63) is 51.2 Å². The Balaban J connectivity index is 1.70. The van der Waals surface area contributed by atoms with Crippen molar-refractivity contribution in [2.45, 2.75) is 64.1 Å². The number of aromatic nitrogens is 2. The number of hydrogen-bond donors (Lipinski definition) is 1. The number of halogens is 1. The number of anilines is 1. The maximum Gasteiger partial charge on any atom is 0.422 e.